The van der Waals surface area contributed by atoms with Crippen LogP contribution in [0.25, 0.3) is 0 Å². The number of amides is 1. The Hall–Kier alpha value is -2.38. The highest BCUT2D eigenvalue weighted by molar-refractivity contribution is 7.99. The van der Waals surface area contributed by atoms with Gasteiger partial charge in [0.2, 0.25) is 5.91 Å². The molecule has 1 aromatic heterocycles. The highest BCUT2D eigenvalue weighted by atomic mass is 32.2. The zero-order valence-corrected chi connectivity index (χ0v) is 16.4. The molecule has 0 saturated carbocycles. The summed E-state index contributed by atoms with van der Waals surface area (Å²) >= 11 is 3.17. The highest BCUT2D eigenvalue weighted by Gasteiger charge is 2.05. The van der Waals surface area contributed by atoms with Crippen LogP contribution in [-0.4, -0.2) is 16.6 Å². The summed E-state index contributed by atoms with van der Waals surface area (Å²) in [5, 5.41) is 5.97. The molecule has 140 valence electrons. The van der Waals surface area contributed by atoms with E-state index < -0.39 is 0 Å². The Bertz CT molecular complexity index is 880. The van der Waals surface area contributed by atoms with Crippen molar-refractivity contribution in [3.63, 3.8) is 0 Å². The van der Waals surface area contributed by atoms with E-state index in [1.54, 1.807) is 35.2 Å². The second-order valence-electron chi connectivity index (χ2n) is 5.83. The Balaban J connectivity index is 1.40. The lowest BCUT2D eigenvalue weighted by molar-refractivity contribution is -0.118. The first kappa shape index (κ1) is 19.4. The molecule has 4 nitrogen and oxygen atoms in total. The first-order valence-corrected chi connectivity index (χ1v) is 10.4. The number of nitrogens with zero attached hydrogens (tertiary/aromatic N) is 1. The lowest BCUT2D eigenvalue weighted by Gasteiger charge is -2.08. The minimum atomic E-state index is -0.298. The van der Waals surface area contributed by atoms with Crippen molar-refractivity contribution in [3.05, 3.63) is 76.0 Å². The molecule has 0 aliphatic heterocycles. The number of aryl methyl sites for hydroxylation is 1. The van der Waals surface area contributed by atoms with Crippen LogP contribution in [0.3, 0.4) is 0 Å². The number of carbonyl (C=O) groups excluding carboxylic acids is 1. The fourth-order valence-corrected chi connectivity index (χ4v) is 3.75. The molecule has 1 heterocycles. The second kappa shape index (κ2) is 9.53. The number of aromatic nitrogens is 1. The molecule has 7 heteroatoms. The van der Waals surface area contributed by atoms with Gasteiger partial charge in [-0.25, -0.2) is 9.37 Å². The summed E-state index contributed by atoms with van der Waals surface area (Å²) in [6.07, 6.45) is 0. The Kier molecular flexibility index (Phi) is 6.84. The van der Waals surface area contributed by atoms with Crippen LogP contribution in [0.4, 0.5) is 4.39 Å². The molecule has 1 N–H and O–H groups in total. The maximum absolute atomic E-state index is 12.9. The molecule has 0 atom stereocenters. The Labute approximate surface area is 165 Å². The Morgan fingerprint density at radius 3 is 2.44 bits per heavy atom. The summed E-state index contributed by atoms with van der Waals surface area (Å²) in [5.74, 6) is 2.08. The van der Waals surface area contributed by atoms with E-state index in [2.05, 4.69) is 10.3 Å². The molecule has 2 aromatic carbocycles. The number of carbonyl (C=O) groups is 1. The van der Waals surface area contributed by atoms with Crippen LogP contribution in [-0.2, 0) is 17.1 Å². The molecule has 0 saturated heterocycles. The van der Waals surface area contributed by atoms with Crippen molar-refractivity contribution in [2.24, 2.45) is 0 Å². The first-order chi connectivity index (χ1) is 13.1. The largest absolute Gasteiger partial charge is 0.457 e. The van der Waals surface area contributed by atoms with E-state index in [0.717, 1.165) is 22.0 Å². The Morgan fingerprint density at radius 2 is 1.81 bits per heavy atom. The van der Waals surface area contributed by atoms with Crippen molar-refractivity contribution in [2.75, 3.05) is 5.75 Å². The van der Waals surface area contributed by atoms with Crippen molar-refractivity contribution >= 4 is 29.0 Å². The van der Waals surface area contributed by atoms with Gasteiger partial charge in [0.05, 0.1) is 16.5 Å². The number of thioether (sulfide) groups is 1. The van der Waals surface area contributed by atoms with Crippen molar-refractivity contribution in [2.45, 2.75) is 19.2 Å². The topological polar surface area (TPSA) is 51.2 Å². The van der Waals surface area contributed by atoms with Gasteiger partial charge in [0, 0.05) is 17.7 Å². The molecule has 0 aliphatic rings. The highest BCUT2D eigenvalue weighted by Crippen LogP contribution is 2.22. The SMILES string of the molecule is Cc1nc(CSCC(=O)NCc2ccc(Oc3ccc(F)cc3)cc2)cs1. The van der Waals surface area contributed by atoms with Crippen LogP contribution >= 0.6 is 23.1 Å². The van der Waals surface area contributed by atoms with Gasteiger partial charge in [-0.1, -0.05) is 12.1 Å². The van der Waals surface area contributed by atoms with E-state index in [4.69, 9.17) is 4.74 Å². The predicted molar refractivity (Wildman–Crippen MR) is 108 cm³/mol. The first-order valence-electron chi connectivity index (χ1n) is 8.36. The van der Waals surface area contributed by atoms with Crippen LogP contribution < -0.4 is 10.1 Å². The van der Waals surface area contributed by atoms with Crippen LogP contribution in [0.5, 0.6) is 11.5 Å². The van der Waals surface area contributed by atoms with Gasteiger partial charge in [-0.15, -0.1) is 23.1 Å². The molecular weight excluding hydrogens is 383 g/mol. The van der Waals surface area contributed by atoms with Crippen molar-refractivity contribution in [3.8, 4) is 11.5 Å². The van der Waals surface area contributed by atoms with Gasteiger partial charge >= 0.3 is 0 Å². The van der Waals surface area contributed by atoms with Crippen molar-refractivity contribution in [1.82, 2.24) is 10.3 Å². The number of nitrogens with one attached hydrogen (secondary N) is 1. The van der Waals surface area contributed by atoms with E-state index in [9.17, 15) is 9.18 Å². The number of hydrogen-bond acceptors (Lipinski definition) is 5. The maximum Gasteiger partial charge on any atom is 0.230 e. The number of halogens is 1. The number of benzene rings is 2. The summed E-state index contributed by atoms with van der Waals surface area (Å²) in [6.45, 7) is 2.44. The molecule has 27 heavy (non-hydrogen) atoms. The Morgan fingerprint density at radius 1 is 1.15 bits per heavy atom. The molecule has 0 aliphatic carbocycles. The lowest BCUT2D eigenvalue weighted by Crippen LogP contribution is -2.24. The molecule has 0 spiro atoms. The molecule has 0 unspecified atom stereocenters. The van der Waals surface area contributed by atoms with E-state index in [1.165, 1.54) is 12.1 Å². The zero-order chi connectivity index (χ0) is 19.1. The van der Waals surface area contributed by atoms with Crippen molar-refractivity contribution < 1.29 is 13.9 Å². The third-order valence-corrected chi connectivity index (χ3v) is 5.40. The van der Waals surface area contributed by atoms with Gasteiger partial charge in [0.25, 0.3) is 0 Å². The van der Waals surface area contributed by atoms with E-state index >= 15 is 0 Å². The predicted octanol–water partition coefficient (Wildman–Crippen LogP) is 4.93. The monoisotopic (exact) mass is 402 g/mol. The van der Waals surface area contributed by atoms with E-state index in [1.807, 2.05) is 36.6 Å². The van der Waals surface area contributed by atoms with Crippen LogP contribution in [0, 0.1) is 12.7 Å². The molecule has 0 radical (unpaired) electrons. The maximum atomic E-state index is 12.9. The molecule has 1 amide bonds. The molecular formula is C20H19FN2O2S2. The number of hydrogen-bond donors (Lipinski definition) is 1. The summed E-state index contributed by atoms with van der Waals surface area (Å²) in [5.41, 5.74) is 2.00. The van der Waals surface area contributed by atoms with E-state index in [-0.39, 0.29) is 11.7 Å². The minimum absolute atomic E-state index is 0.00131. The lowest BCUT2D eigenvalue weighted by atomic mass is 10.2. The fourth-order valence-electron chi connectivity index (χ4n) is 2.29. The van der Waals surface area contributed by atoms with Gasteiger partial charge in [0.1, 0.15) is 17.3 Å². The van der Waals surface area contributed by atoms with Gasteiger partial charge in [0.15, 0.2) is 0 Å². The quantitative estimate of drug-likeness (QED) is 0.580. The van der Waals surface area contributed by atoms with Gasteiger partial charge in [-0.05, 0) is 48.9 Å². The third kappa shape index (κ3) is 6.37. The fraction of sp³-hybridized carbons (Fsp3) is 0.200. The summed E-state index contributed by atoms with van der Waals surface area (Å²) in [4.78, 5) is 16.3. The van der Waals surface area contributed by atoms with Crippen LogP contribution in [0.2, 0.25) is 0 Å². The molecule has 0 bridgehead atoms. The molecule has 3 rings (SSSR count). The number of thiazole rings is 1. The van der Waals surface area contributed by atoms with Gasteiger partial charge in [-0.2, -0.15) is 0 Å². The number of rotatable bonds is 8. The van der Waals surface area contributed by atoms with Gasteiger partial charge < -0.3 is 10.1 Å². The summed E-state index contributed by atoms with van der Waals surface area (Å²) < 4.78 is 18.5. The van der Waals surface area contributed by atoms with Crippen LogP contribution in [0.15, 0.2) is 53.9 Å². The van der Waals surface area contributed by atoms with Crippen LogP contribution in [0.1, 0.15) is 16.3 Å². The normalized spacial score (nSPS) is 10.6. The zero-order valence-electron chi connectivity index (χ0n) is 14.8. The van der Waals surface area contributed by atoms with Gasteiger partial charge in [-0.3, -0.25) is 4.79 Å². The van der Waals surface area contributed by atoms with E-state index in [0.29, 0.717) is 23.8 Å². The average molecular weight is 403 g/mol. The summed E-state index contributed by atoms with van der Waals surface area (Å²) in [7, 11) is 0. The molecule has 0 fully saturated rings. The smallest absolute Gasteiger partial charge is 0.230 e. The second-order valence-corrected chi connectivity index (χ2v) is 7.88. The standard InChI is InChI=1S/C20H19FN2O2S2/c1-14-23-17(12-27-14)11-26-13-20(24)22-10-15-2-6-18(7-3-15)25-19-8-4-16(21)5-9-19/h2-9,12H,10-11,13H2,1H3,(H,22,24). The minimum Gasteiger partial charge on any atom is -0.457 e. The third-order valence-electron chi connectivity index (χ3n) is 3.61. The van der Waals surface area contributed by atoms with Crippen molar-refractivity contribution in [1.29, 1.82) is 0 Å². The number of ether oxygens (including phenoxy) is 1. The summed E-state index contributed by atoms with van der Waals surface area (Å²) in [6, 6.07) is 13.3. The average Bonchev–Trinajstić information content (AvgIpc) is 3.08. The molecule has 3 aromatic rings.